The van der Waals surface area contributed by atoms with Crippen molar-refractivity contribution in [3.8, 4) is 0 Å². The lowest BCUT2D eigenvalue weighted by Gasteiger charge is -2.23. The van der Waals surface area contributed by atoms with Crippen molar-refractivity contribution in [1.82, 2.24) is 0 Å². The fraction of sp³-hybridized carbons (Fsp3) is 0.600. The molecule has 1 nitrogen and oxygen atoms in total. The van der Waals surface area contributed by atoms with E-state index in [0.717, 1.165) is 37.7 Å². The first kappa shape index (κ1) is 15.5. The highest BCUT2D eigenvalue weighted by Crippen LogP contribution is 2.22. The topological polar surface area (TPSA) is 26.0 Å². The van der Waals surface area contributed by atoms with Crippen LogP contribution in [0.3, 0.4) is 0 Å². The summed E-state index contributed by atoms with van der Waals surface area (Å²) in [7, 11) is 0. The fourth-order valence-electron chi connectivity index (χ4n) is 2.42. The van der Waals surface area contributed by atoms with E-state index < -0.39 is 0 Å². The van der Waals surface area contributed by atoms with Crippen LogP contribution in [-0.4, -0.2) is 6.04 Å². The van der Waals surface area contributed by atoms with Crippen molar-refractivity contribution >= 4 is 11.6 Å². The van der Waals surface area contributed by atoms with E-state index in [2.05, 4.69) is 13.8 Å². The highest BCUT2D eigenvalue weighted by atomic mass is 35.5. The number of hydrogen-bond acceptors (Lipinski definition) is 1. The lowest BCUT2D eigenvalue weighted by molar-refractivity contribution is 0.360. The number of halogens is 2. The molecule has 0 aliphatic rings. The minimum absolute atomic E-state index is 0.131. The molecule has 0 heterocycles. The minimum Gasteiger partial charge on any atom is -0.327 e. The summed E-state index contributed by atoms with van der Waals surface area (Å²) in [4.78, 5) is 0. The van der Waals surface area contributed by atoms with Gasteiger partial charge in [0.2, 0.25) is 0 Å². The second kappa shape index (κ2) is 7.75. The van der Waals surface area contributed by atoms with Crippen LogP contribution in [0.1, 0.15) is 45.1 Å². The third-order valence-corrected chi connectivity index (χ3v) is 3.67. The van der Waals surface area contributed by atoms with E-state index in [0.29, 0.717) is 5.92 Å². The average Bonchev–Trinajstić information content (AvgIpc) is 2.33. The van der Waals surface area contributed by atoms with Crippen LogP contribution in [0.5, 0.6) is 0 Å². The molecule has 1 aromatic rings. The molecule has 0 spiro atoms. The third kappa shape index (κ3) is 4.58. The first-order chi connectivity index (χ1) is 8.58. The summed E-state index contributed by atoms with van der Waals surface area (Å²) in [6.07, 6.45) is 5.39. The van der Waals surface area contributed by atoms with Crippen molar-refractivity contribution in [1.29, 1.82) is 0 Å². The molecule has 1 atom stereocenters. The van der Waals surface area contributed by atoms with Crippen LogP contribution in [-0.2, 0) is 6.42 Å². The Kier molecular flexibility index (Phi) is 6.66. The van der Waals surface area contributed by atoms with Crippen molar-refractivity contribution in [2.75, 3.05) is 0 Å². The lowest BCUT2D eigenvalue weighted by Crippen LogP contribution is -2.32. The second-order valence-corrected chi connectivity index (χ2v) is 5.36. The predicted octanol–water partition coefficient (Wildman–Crippen LogP) is 4.57. The van der Waals surface area contributed by atoms with Gasteiger partial charge in [0.25, 0.3) is 0 Å². The molecule has 18 heavy (non-hydrogen) atoms. The molecule has 0 aromatic heterocycles. The van der Waals surface area contributed by atoms with Crippen molar-refractivity contribution < 1.29 is 4.39 Å². The normalized spacial score (nSPS) is 13.0. The molecule has 0 fully saturated rings. The van der Waals surface area contributed by atoms with E-state index in [1.54, 1.807) is 12.1 Å². The van der Waals surface area contributed by atoms with Gasteiger partial charge in [-0.1, -0.05) is 44.4 Å². The number of nitrogens with two attached hydrogens (primary N) is 1. The second-order valence-electron chi connectivity index (χ2n) is 4.95. The molecule has 102 valence electrons. The van der Waals surface area contributed by atoms with E-state index >= 15 is 0 Å². The number of rotatable bonds is 7. The predicted molar refractivity (Wildman–Crippen MR) is 76.4 cm³/mol. The van der Waals surface area contributed by atoms with Crippen LogP contribution < -0.4 is 5.73 Å². The first-order valence-electron chi connectivity index (χ1n) is 6.78. The Hall–Kier alpha value is -0.600. The van der Waals surface area contributed by atoms with E-state index in [9.17, 15) is 4.39 Å². The Morgan fingerprint density at radius 3 is 2.33 bits per heavy atom. The van der Waals surface area contributed by atoms with Crippen molar-refractivity contribution in [3.63, 3.8) is 0 Å². The summed E-state index contributed by atoms with van der Waals surface area (Å²) < 4.78 is 13.1. The molecular formula is C15H23ClFN. The average molecular weight is 272 g/mol. The van der Waals surface area contributed by atoms with E-state index in [1.807, 2.05) is 0 Å². The molecule has 1 rings (SSSR count). The Bertz CT molecular complexity index is 362. The van der Waals surface area contributed by atoms with Crippen LogP contribution in [0.25, 0.3) is 0 Å². The van der Waals surface area contributed by atoms with Gasteiger partial charge in [0.15, 0.2) is 0 Å². The molecule has 0 aliphatic heterocycles. The smallest absolute Gasteiger partial charge is 0.141 e. The maximum absolute atomic E-state index is 13.1. The van der Waals surface area contributed by atoms with Crippen molar-refractivity contribution in [3.05, 3.63) is 34.6 Å². The van der Waals surface area contributed by atoms with Crippen LogP contribution in [0.15, 0.2) is 18.2 Å². The monoisotopic (exact) mass is 271 g/mol. The van der Waals surface area contributed by atoms with Gasteiger partial charge in [-0.2, -0.15) is 0 Å². The molecule has 1 unspecified atom stereocenters. The van der Waals surface area contributed by atoms with Crippen LogP contribution >= 0.6 is 11.6 Å². The van der Waals surface area contributed by atoms with Crippen LogP contribution in [0.4, 0.5) is 4.39 Å². The standard InChI is InChI=1S/C15H23ClFN/c1-3-5-12(6-4-2)15(18)10-11-7-8-14(17)13(16)9-11/h7-9,12,15H,3-6,10,18H2,1-2H3. The molecule has 0 saturated heterocycles. The summed E-state index contributed by atoms with van der Waals surface area (Å²) in [6.45, 7) is 4.37. The van der Waals surface area contributed by atoms with Crippen LogP contribution in [0.2, 0.25) is 5.02 Å². The molecule has 0 aliphatic carbocycles. The minimum atomic E-state index is -0.368. The Balaban J connectivity index is 2.66. The molecular weight excluding hydrogens is 249 g/mol. The van der Waals surface area contributed by atoms with Gasteiger partial charge in [0, 0.05) is 6.04 Å². The fourth-order valence-corrected chi connectivity index (χ4v) is 2.62. The molecule has 0 bridgehead atoms. The van der Waals surface area contributed by atoms with Gasteiger partial charge in [-0.15, -0.1) is 0 Å². The van der Waals surface area contributed by atoms with Gasteiger partial charge in [-0.25, -0.2) is 4.39 Å². The summed E-state index contributed by atoms with van der Waals surface area (Å²) in [6, 6.07) is 5.01. The molecule has 2 N–H and O–H groups in total. The van der Waals surface area contributed by atoms with Crippen molar-refractivity contribution in [2.45, 2.75) is 52.0 Å². The van der Waals surface area contributed by atoms with Gasteiger partial charge >= 0.3 is 0 Å². The third-order valence-electron chi connectivity index (χ3n) is 3.38. The van der Waals surface area contributed by atoms with E-state index in [1.165, 1.54) is 6.07 Å². The first-order valence-corrected chi connectivity index (χ1v) is 7.15. The molecule has 0 radical (unpaired) electrons. The summed E-state index contributed by atoms with van der Waals surface area (Å²) in [5.41, 5.74) is 7.29. The van der Waals surface area contributed by atoms with Gasteiger partial charge in [-0.05, 0) is 42.9 Å². The summed E-state index contributed by atoms with van der Waals surface area (Å²) in [5.74, 6) is 0.177. The summed E-state index contributed by atoms with van der Waals surface area (Å²) >= 11 is 5.78. The Labute approximate surface area is 115 Å². The highest BCUT2D eigenvalue weighted by molar-refractivity contribution is 6.30. The maximum atomic E-state index is 13.1. The highest BCUT2D eigenvalue weighted by Gasteiger charge is 2.17. The Morgan fingerprint density at radius 1 is 1.22 bits per heavy atom. The molecule has 0 amide bonds. The molecule has 1 aromatic carbocycles. The maximum Gasteiger partial charge on any atom is 0.141 e. The zero-order valence-corrected chi connectivity index (χ0v) is 12.0. The van der Waals surface area contributed by atoms with Crippen molar-refractivity contribution in [2.24, 2.45) is 11.7 Å². The van der Waals surface area contributed by atoms with Gasteiger partial charge < -0.3 is 5.73 Å². The molecule has 0 saturated carbocycles. The van der Waals surface area contributed by atoms with Gasteiger partial charge in [0.1, 0.15) is 5.82 Å². The van der Waals surface area contributed by atoms with Gasteiger partial charge in [0.05, 0.1) is 5.02 Å². The number of hydrogen-bond donors (Lipinski definition) is 1. The van der Waals surface area contributed by atoms with Gasteiger partial charge in [-0.3, -0.25) is 0 Å². The largest absolute Gasteiger partial charge is 0.327 e. The van der Waals surface area contributed by atoms with E-state index in [-0.39, 0.29) is 16.9 Å². The Morgan fingerprint density at radius 2 is 1.83 bits per heavy atom. The molecule has 3 heteroatoms. The zero-order chi connectivity index (χ0) is 13.5. The summed E-state index contributed by atoms with van der Waals surface area (Å²) in [5, 5.41) is 0.183. The zero-order valence-electron chi connectivity index (χ0n) is 11.3. The lowest BCUT2D eigenvalue weighted by atomic mass is 9.87. The quantitative estimate of drug-likeness (QED) is 0.773. The SMILES string of the molecule is CCCC(CCC)C(N)Cc1ccc(F)c(Cl)c1. The van der Waals surface area contributed by atoms with Crippen LogP contribution in [0, 0.1) is 11.7 Å². The van der Waals surface area contributed by atoms with E-state index in [4.69, 9.17) is 17.3 Å². The number of benzene rings is 1.